The van der Waals surface area contributed by atoms with Crippen LogP contribution in [-0.4, -0.2) is 15.9 Å². The number of nitrogens with one attached hydrogen (secondary N) is 1. The molecular weight excluding hydrogens is 300 g/mol. The number of hydrogen-bond acceptors (Lipinski definition) is 4. The predicted octanol–water partition coefficient (Wildman–Crippen LogP) is 2.95. The zero-order valence-corrected chi connectivity index (χ0v) is 12.8. The van der Waals surface area contributed by atoms with Crippen molar-refractivity contribution in [1.29, 1.82) is 5.26 Å². The van der Waals surface area contributed by atoms with E-state index in [-0.39, 0.29) is 12.5 Å². The second-order valence-corrected chi connectivity index (χ2v) is 5.14. The van der Waals surface area contributed by atoms with Crippen molar-refractivity contribution in [2.75, 3.05) is 0 Å². The fourth-order valence-corrected chi connectivity index (χ4v) is 2.26. The zero-order valence-electron chi connectivity index (χ0n) is 12.8. The Morgan fingerprint density at radius 3 is 2.67 bits per heavy atom. The summed E-state index contributed by atoms with van der Waals surface area (Å²) in [6, 6.07) is 20.2. The molecule has 0 radical (unpaired) electrons. The van der Waals surface area contributed by atoms with Crippen LogP contribution in [0, 0.1) is 11.3 Å². The third-order valence-corrected chi connectivity index (χ3v) is 3.48. The second kappa shape index (κ2) is 7.16. The normalized spacial score (nSPS) is 9.96. The average Bonchev–Trinajstić information content (AvgIpc) is 2.67. The highest BCUT2D eigenvalue weighted by molar-refractivity contribution is 5.94. The van der Waals surface area contributed by atoms with Gasteiger partial charge < -0.3 is 5.32 Å². The molecular formula is C19H14N4O. The van der Waals surface area contributed by atoms with Gasteiger partial charge in [-0.15, -0.1) is 0 Å². The maximum Gasteiger partial charge on any atom is 0.251 e. The van der Waals surface area contributed by atoms with Crippen LogP contribution in [0.1, 0.15) is 21.6 Å². The third kappa shape index (κ3) is 3.62. The summed E-state index contributed by atoms with van der Waals surface area (Å²) >= 11 is 0. The van der Waals surface area contributed by atoms with E-state index in [1.54, 1.807) is 24.3 Å². The summed E-state index contributed by atoms with van der Waals surface area (Å²) in [5.41, 5.74) is 3.42. The van der Waals surface area contributed by atoms with Crippen molar-refractivity contribution in [3.8, 4) is 17.3 Å². The van der Waals surface area contributed by atoms with Crippen LogP contribution in [0.25, 0.3) is 11.3 Å². The minimum absolute atomic E-state index is 0.244. The molecule has 1 amide bonds. The van der Waals surface area contributed by atoms with E-state index in [9.17, 15) is 4.79 Å². The van der Waals surface area contributed by atoms with Gasteiger partial charge in [0.15, 0.2) is 0 Å². The monoisotopic (exact) mass is 314 g/mol. The summed E-state index contributed by atoms with van der Waals surface area (Å²) < 4.78 is 0. The first-order chi connectivity index (χ1) is 11.8. The Labute approximate surface area is 139 Å². The molecule has 1 heterocycles. The molecule has 1 N–H and O–H groups in total. The molecule has 2 aromatic carbocycles. The van der Waals surface area contributed by atoms with Gasteiger partial charge in [0.05, 0.1) is 29.6 Å². The summed E-state index contributed by atoms with van der Waals surface area (Å²) in [6.07, 6.45) is 1.49. The van der Waals surface area contributed by atoms with Crippen LogP contribution in [0.2, 0.25) is 0 Å². The van der Waals surface area contributed by atoms with E-state index in [0.717, 1.165) is 11.3 Å². The van der Waals surface area contributed by atoms with Gasteiger partial charge in [-0.05, 0) is 24.3 Å². The lowest BCUT2D eigenvalue weighted by molar-refractivity contribution is 0.0950. The molecule has 116 valence electrons. The highest BCUT2D eigenvalue weighted by Gasteiger charge is 2.07. The van der Waals surface area contributed by atoms with Gasteiger partial charge in [-0.25, -0.2) is 9.97 Å². The van der Waals surface area contributed by atoms with Crippen LogP contribution in [0.3, 0.4) is 0 Å². The van der Waals surface area contributed by atoms with Crippen LogP contribution in [0.15, 0.2) is 67.0 Å². The SMILES string of the molecule is N#Cc1cccc(C(=O)NCc2cc(-c3ccccc3)ncn2)c1. The Kier molecular flexibility index (Phi) is 4.59. The van der Waals surface area contributed by atoms with E-state index in [2.05, 4.69) is 15.3 Å². The van der Waals surface area contributed by atoms with Crippen LogP contribution in [0.4, 0.5) is 0 Å². The van der Waals surface area contributed by atoms with Crippen molar-refractivity contribution in [2.24, 2.45) is 0 Å². The number of amides is 1. The van der Waals surface area contributed by atoms with Gasteiger partial charge in [-0.2, -0.15) is 5.26 Å². The molecule has 0 atom stereocenters. The van der Waals surface area contributed by atoms with Crippen molar-refractivity contribution in [2.45, 2.75) is 6.54 Å². The van der Waals surface area contributed by atoms with Crippen molar-refractivity contribution in [1.82, 2.24) is 15.3 Å². The first kappa shape index (κ1) is 15.4. The molecule has 5 nitrogen and oxygen atoms in total. The minimum atomic E-state index is -0.244. The molecule has 0 fully saturated rings. The molecule has 0 bridgehead atoms. The molecule has 24 heavy (non-hydrogen) atoms. The Morgan fingerprint density at radius 2 is 1.88 bits per heavy atom. The van der Waals surface area contributed by atoms with E-state index in [1.165, 1.54) is 6.33 Å². The lowest BCUT2D eigenvalue weighted by atomic mass is 10.1. The quantitative estimate of drug-likeness (QED) is 0.803. The van der Waals surface area contributed by atoms with Crippen LogP contribution in [-0.2, 0) is 6.54 Å². The van der Waals surface area contributed by atoms with Gasteiger partial charge in [0.1, 0.15) is 6.33 Å². The number of aromatic nitrogens is 2. The highest BCUT2D eigenvalue weighted by atomic mass is 16.1. The molecule has 0 aliphatic carbocycles. The number of nitrogens with zero attached hydrogens (tertiary/aromatic N) is 3. The number of hydrogen-bond donors (Lipinski definition) is 1. The van der Waals surface area contributed by atoms with Gasteiger partial charge in [0.25, 0.3) is 5.91 Å². The van der Waals surface area contributed by atoms with Gasteiger partial charge >= 0.3 is 0 Å². The largest absolute Gasteiger partial charge is 0.346 e. The second-order valence-electron chi connectivity index (χ2n) is 5.14. The molecule has 0 aliphatic rings. The van der Waals surface area contributed by atoms with Crippen LogP contribution >= 0.6 is 0 Å². The van der Waals surface area contributed by atoms with Crippen LogP contribution < -0.4 is 5.32 Å². The first-order valence-corrected chi connectivity index (χ1v) is 7.41. The number of nitriles is 1. The van der Waals surface area contributed by atoms with Crippen molar-refractivity contribution in [3.63, 3.8) is 0 Å². The first-order valence-electron chi connectivity index (χ1n) is 7.41. The number of rotatable bonds is 4. The van der Waals surface area contributed by atoms with Gasteiger partial charge in [-0.3, -0.25) is 4.79 Å². The smallest absolute Gasteiger partial charge is 0.251 e. The van der Waals surface area contributed by atoms with Gasteiger partial charge in [-0.1, -0.05) is 36.4 Å². The summed E-state index contributed by atoms with van der Waals surface area (Å²) in [6.45, 7) is 0.290. The lowest BCUT2D eigenvalue weighted by Gasteiger charge is -2.06. The Bertz CT molecular complexity index is 900. The molecule has 1 aromatic heterocycles. The lowest BCUT2D eigenvalue weighted by Crippen LogP contribution is -2.23. The molecule has 0 saturated heterocycles. The average molecular weight is 314 g/mol. The summed E-state index contributed by atoms with van der Waals surface area (Å²) in [4.78, 5) is 20.6. The zero-order chi connectivity index (χ0) is 16.8. The molecule has 3 rings (SSSR count). The van der Waals surface area contributed by atoms with Crippen LogP contribution in [0.5, 0.6) is 0 Å². The Balaban J connectivity index is 1.71. The standard InChI is InChI=1S/C19H14N4O/c20-11-14-5-4-8-16(9-14)19(24)21-12-17-10-18(23-13-22-17)15-6-2-1-3-7-15/h1-10,13H,12H2,(H,21,24). The Hall–Kier alpha value is -3.52. The van der Waals surface area contributed by atoms with E-state index >= 15 is 0 Å². The summed E-state index contributed by atoms with van der Waals surface area (Å²) in [7, 11) is 0. The molecule has 3 aromatic rings. The van der Waals surface area contributed by atoms with E-state index in [1.807, 2.05) is 42.5 Å². The van der Waals surface area contributed by atoms with E-state index < -0.39 is 0 Å². The van der Waals surface area contributed by atoms with Gasteiger partial charge in [0, 0.05) is 11.1 Å². The highest BCUT2D eigenvalue weighted by Crippen LogP contribution is 2.16. The van der Waals surface area contributed by atoms with E-state index in [4.69, 9.17) is 5.26 Å². The minimum Gasteiger partial charge on any atom is -0.346 e. The number of benzene rings is 2. The fraction of sp³-hybridized carbons (Fsp3) is 0.0526. The van der Waals surface area contributed by atoms with Crippen molar-refractivity contribution >= 4 is 5.91 Å². The van der Waals surface area contributed by atoms with Gasteiger partial charge in [0.2, 0.25) is 0 Å². The fourth-order valence-electron chi connectivity index (χ4n) is 2.26. The number of carbonyl (C=O) groups is 1. The van der Waals surface area contributed by atoms with Crippen molar-refractivity contribution in [3.05, 3.63) is 83.8 Å². The maximum absolute atomic E-state index is 12.2. The summed E-state index contributed by atoms with van der Waals surface area (Å²) in [5, 5.41) is 11.7. The molecule has 0 spiro atoms. The predicted molar refractivity (Wildman–Crippen MR) is 89.8 cm³/mol. The van der Waals surface area contributed by atoms with Crippen molar-refractivity contribution < 1.29 is 4.79 Å². The molecule has 0 unspecified atom stereocenters. The number of carbonyl (C=O) groups excluding carboxylic acids is 1. The molecule has 5 heteroatoms. The molecule has 0 aliphatic heterocycles. The Morgan fingerprint density at radius 1 is 1.04 bits per heavy atom. The topological polar surface area (TPSA) is 78.7 Å². The summed E-state index contributed by atoms with van der Waals surface area (Å²) in [5.74, 6) is -0.244. The molecule has 0 saturated carbocycles. The van der Waals surface area contributed by atoms with E-state index in [0.29, 0.717) is 16.8 Å². The third-order valence-electron chi connectivity index (χ3n) is 3.48. The maximum atomic E-state index is 12.2.